The first-order valence-electron chi connectivity index (χ1n) is 14.1. The number of amides is 1. The molecule has 0 spiro atoms. The van der Waals surface area contributed by atoms with E-state index in [0.29, 0.717) is 41.8 Å². The van der Waals surface area contributed by atoms with Crippen molar-refractivity contribution in [3.63, 3.8) is 0 Å². The van der Waals surface area contributed by atoms with Crippen LogP contribution in [0.3, 0.4) is 0 Å². The number of anilines is 2. The minimum Gasteiger partial charge on any atom is -0.497 e. The van der Waals surface area contributed by atoms with E-state index in [2.05, 4.69) is 56.2 Å². The highest BCUT2D eigenvalue weighted by atomic mass is 16.5. The number of likely N-dealkylation sites (N-methyl/N-ethyl adjacent to an activating group) is 1. The molecule has 2 heterocycles. The second kappa shape index (κ2) is 14.2. The van der Waals surface area contributed by atoms with Gasteiger partial charge < -0.3 is 34.8 Å². The van der Waals surface area contributed by atoms with Crippen LogP contribution in [0.1, 0.15) is 30.8 Å². The van der Waals surface area contributed by atoms with Crippen molar-refractivity contribution in [3.8, 4) is 11.5 Å². The highest BCUT2D eigenvalue weighted by Crippen LogP contribution is 2.33. The second-order valence-electron chi connectivity index (χ2n) is 10.5. The number of nitrogens with zero attached hydrogens (tertiary/aromatic N) is 5. The highest BCUT2D eigenvalue weighted by molar-refractivity contribution is 5.94. The van der Waals surface area contributed by atoms with E-state index in [1.807, 2.05) is 36.4 Å². The van der Waals surface area contributed by atoms with E-state index in [1.54, 1.807) is 20.4 Å². The quantitative estimate of drug-likeness (QED) is 0.312. The fraction of sp³-hybridized carbons (Fsp3) is 0.500. The average molecular weight is 550 g/mol. The Morgan fingerprint density at radius 1 is 0.975 bits per heavy atom. The third-order valence-electron chi connectivity index (χ3n) is 7.14. The lowest BCUT2D eigenvalue weighted by Crippen LogP contribution is -2.45. The van der Waals surface area contributed by atoms with Gasteiger partial charge >= 0.3 is 0 Å². The van der Waals surface area contributed by atoms with Gasteiger partial charge in [-0.2, -0.15) is 0 Å². The fourth-order valence-electron chi connectivity index (χ4n) is 4.76. The van der Waals surface area contributed by atoms with Crippen LogP contribution in [-0.2, 0) is 0 Å². The topological polar surface area (TPSA) is 95.1 Å². The van der Waals surface area contributed by atoms with Gasteiger partial charge in [0.25, 0.3) is 5.91 Å². The molecule has 10 nitrogen and oxygen atoms in total. The number of carbonyl (C=O) groups is 1. The monoisotopic (exact) mass is 549 g/mol. The van der Waals surface area contributed by atoms with Gasteiger partial charge in [-0.3, -0.25) is 9.78 Å². The van der Waals surface area contributed by atoms with E-state index >= 15 is 0 Å². The van der Waals surface area contributed by atoms with Crippen molar-refractivity contribution in [2.45, 2.75) is 26.3 Å². The van der Waals surface area contributed by atoms with Gasteiger partial charge in [0.15, 0.2) is 0 Å². The van der Waals surface area contributed by atoms with Crippen molar-refractivity contribution in [1.82, 2.24) is 30.4 Å². The summed E-state index contributed by atoms with van der Waals surface area (Å²) in [5.74, 6) is 1.22. The van der Waals surface area contributed by atoms with Crippen LogP contribution in [0.4, 0.5) is 11.4 Å². The number of methoxy groups -OCH3 is 2. The molecular weight excluding hydrogens is 506 g/mol. The fourth-order valence-corrected chi connectivity index (χ4v) is 4.76. The van der Waals surface area contributed by atoms with Crippen molar-refractivity contribution in [2.75, 3.05) is 78.5 Å². The minimum absolute atomic E-state index is 0.200. The summed E-state index contributed by atoms with van der Waals surface area (Å²) in [5, 5.41) is 6.50. The van der Waals surface area contributed by atoms with Crippen LogP contribution in [-0.4, -0.2) is 105 Å². The Labute approximate surface area is 237 Å². The lowest BCUT2D eigenvalue weighted by Gasteiger charge is -2.32. The maximum absolute atomic E-state index is 12.9. The van der Waals surface area contributed by atoms with Crippen LogP contribution in [0.2, 0.25) is 0 Å². The number of hydrogen-bond donors (Lipinski definition) is 2. The molecule has 0 aliphatic carbocycles. The minimum atomic E-state index is -0.200. The Morgan fingerprint density at radius 2 is 1.70 bits per heavy atom. The highest BCUT2D eigenvalue weighted by Gasteiger charge is 2.16. The maximum atomic E-state index is 12.9. The number of ether oxygens (including phenoxy) is 2. The molecule has 0 unspecified atom stereocenters. The predicted octanol–water partition coefficient (Wildman–Crippen LogP) is 3.15. The van der Waals surface area contributed by atoms with Gasteiger partial charge in [-0.15, -0.1) is 0 Å². The molecule has 0 saturated carbocycles. The number of fused-ring (bicyclic) bond motifs is 1. The van der Waals surface area contributed by atoms with Crippen LogP contribution in [0.5, 0.6) is 11.5 Å². The first-order valence-corrected chi connectivity index (χ1v) is 14.1. The Kier molecular flexibility index (Phi) is 10.5. The molecule has 2 aromatic carbocycles. The molecule has 2 N–H and O–H groups in total. The SMILES string of the molecule is COc1cc(OC)cc(N(CCNC(C)C)c2ccc3ncc(C(=O)NCCCN4CCN(C)CC4)nc3c2)c1. The van der Waals surface area contributed by atoms with E-state index in [1.165, 1.54) is 0 Å². The third kappa shape index (κ3) is 8.03. The number of carbonyl (C=O) groups excluding carboxylic acids is 1. The van der Waals surface area contributed by atoms with Crippen LogP contribution in [0.25, 0.3) is 11.0 Å². The number of nitrogens with one attached hydrogen (secondary N) is 2. The zero-order valence-electron chi connectivity index (χ0n) is 24.4. The number of rotatable bonds is 13. The molecule has 0 radical (unpaired) electrons. The summed E-state index contributed by atoms with van der Waals surface area (Å²) in [5.41, 5.74) is 3.59. The molecule has 216 valence electrons. The lowest BCUT2D eigenvalue weighted by molar-refractivity contribution is 0.0944. The standard InChI is InChI=1S/C30H43N7O3/c1-22(2)31-10-12-37(24-17-25(39-4)20-26(18-24)40-5)23-7-8-27-28(19-23)34-29(21-33-27)30(38)32-9-6-11-36-15-13-35(3)14-16-36/h7-8,17-22,31H,6,9-16H2,1-5H3,(H,32,38). The molecule has 1 aromatic heterocycles. The summed E-state index contributed by atoms with van der Waals surface area (Å²) in [6, 6.07) is 12.1. The van der Waals surface area contributed by atoms with Crippen LogP contribution in [0, 0.1) is 0 Å². The first kappa shape index (κ1) is 29.5. The Bertz CT molecular complexity index is 1240. The summed E-state index contributed by atoms with van der Waals surface area (Å²) in [6.07, 6.45) is 2.46. The van der Waals surface area contributed by atoms with E-state index in [4.69, 9.17) is 9.47 Å². The number of hydrogen-bond acceptors (Lipinski definition) is 9. The van der Waals surface area contributed by atoms with Gasteiger partial charge in [0.2, 0.25) is 0 Å². The Balaban J connectivity index is 1.49. The summed E-state index contributed by atoms with van der Waals surface area (Å²) < 4.78 is 11.0. The van der Waals surface area contributed by atoms with E-state index in [0.717, 1.165) is 62.6 Å². The van der Waals surface area contributed by atoms with Crippen molar-refractivity contribution in [3.05, 3.63) is 48.3 Å². The van der Waals surface area contributed by atoms with Crippen LogP contribution < -0.4 is 25.0 Å². The number of aromatic nitrogens is 2. The molecule has 10 heteroatoms. The van der Waals surface area contributed by atoms with E-state index in [-0.39, 0.29) is 5.91 Å². The summed E-state index contributed by atoms with van der Waals surface area (Å²) in [7, 11) is 5.45. The van der Waals surface area contributed by atoms with Gasteiger partial charge in [0.1, 0.15) is 17.2 Å². The van der Waals surface area contributed by atoms with Gasteiger partial charge in [0.05, 0.1) is 31.4 Å². The maximum Gasteiger partial charge on any atom is 0.271 e. The van der Waals surface area contributed by atoms with Gasteiger partial charge in [-0.25, -0.2) is 4.98 Å². The molecular formula is C30H43N7O3. The van der Waals surface area contributed by atoms with E-state index in [9.17, 15) is 4.79 Å². The normalized spacial score (nSPS) is 14.4. The summed E-state index contributed by atoms with van der Waals surface area (Å²) >= 11 is 0. The smallest absolute Gasteiger partial charge is 0.271 e. The van der Waals surface area contributed by atoms with Crippen molar-refractivity contribution >= 4 is 28.3 Å². The molecule has 1 amide bonds. The third-order valence-corrected chi connectivity index (χ3v) is 7.14. The molecule has 0 atom stereocenters. The van der Waals surface area contributed by atoms with Gasteiger partial charge in [-0.05, 0) is 38.2 Å². The summed E-state index contributed by atoms with van der Waals surface area (Å²) in [6.45, 7) is 11.7. The Morgan fingerprint density at radius 3 is 2.38 bits per heavy atom. The van der Waals surface area contributed by atoms with Crippen LogP contribution >= 0.6 is 0 Å². The molecule has 1 aliphatic rings. The van der Waals surface area contributed by atoms with Crippen molar-refractivity contribution < 1.29 is 14.3 Å². The predicted molar refractivity (Wildman–Crippen MR) is 160 cm³/mol. The average Bonchev–Trinajstić information content (AvgIpc) is 2.97. The molecule has 1 aliphatic heterocycles. The molecule has 0 bridgehead atoms. The Hall–Kier alpha value is -3.47. The zero-order valence-corrected chi connectivity index (χ0v) is 24.4. The molecule has 4 rings (SSSR count). The lowest BCUT2D eigenvalue weighted by atomic mass is 10.2. The molecule has 40 heavy (non-hydrogen) atoms. The van der Waals surface area contributed by atoms with Crippen molar-refractivity contribution in [1.29, 1.82) is 0 Å². The van der Waals surface area contributed by atoms with Gasteiger partial charge in [0, 0.05) is 81.4 Å². The summed E-state index contributed by atoms with van der Waals surface area (Å²) in [4.78, 5) is 29.1. The van der Waals surface area contributed by atoms with E-state index < -0.39 is 0 Å². The zero-order chi connectivity index (χ0) is 28.5. The number of piperazine rings is 1. The molecule has 1 fully saturated rings. The molecule has 3 aromatic rings. The van der Waals surface area contributed by atoms with Gasteiger partial charge in [-0.1, -0.05) is 13.8 Å². The molecule has 1 saturated heterocycles. The first-order chi connectivity index (χ1) is 19.4. The van der Waals surface area contributed by atoms with Crippen LogP contribution in [0.15, 0.2) is 42.6 Å². The number of benzene rings is 2. The van der Waals surface area contributed by atoms with Crippen molar-refractivity contribution in [2.24, 2.45) is 0 Å². The largest absolute Gasteiger partial charge is 0.497 e. The second-order valence-corrected chi connectivity index (χ2v) is 10.5.